The Labute approximate surface area is 198 Å². The predicted molar refractivity (Wildman–Crippen MR) is 132 cm³/mol. The van der Waals surface area contributed by atoms with Crippen molar-refractivity contribution >= 4 is 34.3 Å². The van der Waals surface area contributed by atoms with Gasteiger partial charge in [-0.05, 0) is 56.0 Å². The molecule has 0 radical (unpaired) electrons. The lowest BCUT2D eigenvalue weighted by molar-refractivity contribution is -0.148. The van der Waals surface area contributed by atoms with Gasteiger partial charge in [0.05, 0.1) is 18.0 Å². The van der Waals surface area contributed by atoms with Crippen molar-refractivity contribution in [1.29, 1.82) is 0 Å². The number of hydrogen-bond acceptors (Lipinski definition) is 6. The zero-order valence-electron chi connectivity index (χ0n) is 19.6. The van der Waals surface area contributed by atoms with Crippen molar-refractivity contribution in [3.05, 3.63) is 64.6 Å². The zero-order chi connectivity index (χ0) is 24.1. The van der Waals surface area contributed by atoms with Crippen LogP contribution < -0.4 is 15.9 Å². The molecule has 1 fully saturated rings. The molecule has 1 N–H and O–H groups in total. The van der Waals surface area contributed by atoms with Crippen LogP contribution in [0.3, 0.4) is 0 Å². The van der Waals surface area contributed by atoms with Crippen molar-refractivity contribution in [1.82, 2.24) is 9.55 Å². The number of carbonyl (C=O) groups is 2. The molecule has 0 spiro atoms. The monoisotopic (exact) mass is 462 g/mol. The van der Waals surface area contributed by atoms with Gasteiger partial charge in [0.1, 0.15) is 12.4 Å². The first-order valence-corrected chi connectivity index (χ1v) is 11.8. The van der Waals surface area contributed by atoms with E-state index in [1.807, 2.05) is 53.4 Å². The Bertz CT molecular complexity index is 1230. The molecule has 1 aromatic heterocycles. The zero-order valence-corrected chi connectivity index (χ0v) is 19.6. The first-order valence-electron chi connectivity index (χ1n) is 11.8. The van der Waals surface area contributed by atoms with Gasteiger partial charge in [0.15, 0.2) is 0 Å². The average molecular weight is 463 g/mol. The Balaban J connectivity index is 1.54. The van der Waals surface area contributed by atoms with Gasteiger partial charge in [0, 0.05) is 24.2 Å². The molecule has 0 atom stereocenters. The number of benzene rings is 2. The number of amides is 1. The number of para-hydroxylation sites is 1. The van der Waals surface area contributed by atoms with Crippen LogP contribution in [0.4, 0.5) is 11.5 Å². The molecule has 4 rings (SSSR count). The molecule has 178 valence electrons. The molecule has 0 aliphatic carbocycles. The van der Waals surface area contributed by atoms with Gasteiger partial charge in [0.2, 0.25) is 5.91 Å². The van der Waals surface area contributed by atoms with Crippen molar-refractivity contribution in [3.8, 4) is 0 Å². The van der Waals surface area contributed by atoms with Crippen LogP contribution in [0.1, 0.15) is 32.3 Å². The smallest absolute Gasteiger partial charge is 0.350 e. The molecule has 1 saturated heterocycles. The second-order valence-corrected chi connectivity index (χ2v) is 8.43. The van der Waals surface area contributed by atoms with Crippen LogP contribution in [0.2, 0.25) is 0 Å². The summed E-state index contributed by atoms with van der Waals surface area (Å²) in [4.78, 5) is 44.2. The van der Waals surface area contributed by atoms with Crippen molar-refractivity contribution in [2.45, 2.75) is 39.7 Å². The van der Waals surface area contributed by atoms with Gasteiger partial charge in [-0.25, -0.2) is 4.79 Å². The lowest BCUT2D eigenvalue weighted by Crippen LogP contribution is -2.39. The normalized spacial score (nSPS) is 14.2. The second-order valence-electron chi connectivity index (χ2n) is 8.43. The molecule has 34 heavy (non-hydrogen) atoms. The Kier molecular flexibility index (Phi) is 7.25. The molecule has 2 heterocycles. The summed E-state index contributed by atoms with van der Waals surface area (Å²) in [5.41, 5.74) is 2.05. The van der Waals surface area contributed by atoms with Gasteiger partial charge >= 0.3 is 11.7 Å². The maximum atomic E-state index is 13.0. The minimum atomic E-state index is -0.474. The van der Waals surface area contributed by atoms with Gasteiger partial charge < -0.3 is 15.0 Å². The minimum Gasteiger partial charge on any atom is -0.466 e. The summed E-state index contributed by atoms with van der Waals surface area (Å²) >= 11 is 0. The molecule has 8 nitrogen and oxygen atoms in total. The highest BCUT2D eigenvalue weighted by Gasteiger charge is 2.28. The number of aryl methyl sites for hydroxylation is 1. The largest absolute Gasteiger partial charge is 0.466 e. The summed E-state index contributed by atoms with van der Waals surface area (Å²) in [6.07, 6.45) is 2.22. The summed E-state index contributed by atoms with van der Waals surface area (Å²) in [5, 5.41) is 3.66. The molecule has 1 amide bonds. The third kappa shape index (κ3) is 5.11. The minimum absolute atomic E-state index is 0.127. The molecule has 0 bridgehead atoms. The number of anilines is 2. The van der Waals surface area contributed by atoms with Crippen LogP contribution in [0, 0.1) is 5.92 Å². The van der Waals surface area contributed by atoms with E-state index < -0.39 is 5.69 Å². The van der Waals surface area contributed by atoms with Crippen LogP contribution >= 0.6 is 0 Å². The third-order valence-corrected chi connectivity index (χ3v) is 6.23. The van der Waals surface area contributed by atoms with Crippen LogP contribution in [-0.2, 0) is 27.3 Å². The van der Waals surface area contributed by atoms with E-state index >= 15 is 0 Å². The van der Waals surface area contributed by atoms with Crippen LogP contribution in [-0.4, -0.2) is 41.1 Å². The molecule has 1 aliphatic heterocycles. The topological polar surface area (TPSA) is 93.5 Å². The summed E-state index contributed by atoms with van der Waals surface area (Å²) in [5.74, 6) is 0.0136. The highest BCUT2D eigenvalue weighted by atomic mass is 16.5. The first kappa shape index (κ1) is 23.5. The number of piperidine rings is 1. The highest BCUT2D eigenvalue weighted by molar-refractivity contribution is 5.94. The fraction of sp³-hybridized carbons (Fsp3) is 0.385. The van der Waals surface area contributed by atoms with Crippen LogP contribution in [0.25, 0.3) is 10.9 Å². The van der Waals surface area contributed by atoms with Crippen LogP contribution in [0.15, 0.2) is 53.3 Å². The quantitative estimate of drug-likeness (QED) is 0.541. The van der Waals surface area contributed by atoms with Gasteiger partial charge in [-0.2, -0.15) is 4.98 Å². The summed E-state index contributed by atoms with van der Waals surface area (Å²) in [6, 6.07) is 15.1. The van der Waals surface area contributed by atoms with Crippen molar-refractivity contribution in [3.63, 3.8) is 0 Å². The lowest BCUT2D eigenvalue weighted by Gasteiger charge is -2.32. The molecular formula is C26H30N4O4. The van der Waals surface area contributed by atoms with E-state index in [0.29, 0.717) is 49.6 Å². The molecule has 1 aliphatic rings. The number of rotatable bonds is 7. The maximum absolute atomic E-state index is 13.0. The van der Waals surface area contributed by atoms with E-state index in [9.17, 15) is 14.4 Å². The van der Waals surface area contributed by atoms with Crippen molar-refractivity contribution < 1.29 is 14.3 Å². The van der Waals surface area contributed by atoms with E-state index in [0.717, 1.165) is 11.8 Å². The summed E-state index contributed by atoms with van der Waals surface area (Å²) in [6.45, 7) is 5.34. The molecule has 2 aromatic carbocycles. The Morgan fingerprint density at radius 2 is 1.76 bits per heavy atom. The number of esters is 1. The van der Waals surface area contributed by atoms with E-state index in [4.69, 9.17) is 4.74 Å². The third-order valence-electron chi connectivity index (χ3n) is 6.23. The SMILES string of the molecule is CCOC(=O)C1CCN(c2nc(=O)n(CC(=O)Nc3ccc(CC)cc3)c3ccccc23)CC1. The lowest BCUT2D eigenvalue weighted by atomic mass is 9.97. The van der Waals surface area contributed by atoms with Crippen LogP contribution in [0.5, 0.6) is 0 Å². The standard InChI is InChI=1S/C26H30N4O4/c1-3-18-9-11-20(12-10-18)27-23(31)17-30-22-8-6-5-7-21(22)24(28-26(30)33)29-15-13-19(14-16-29)25(32)34-4-2/h5-12,19H,3-4,13-17H2,1-2H3,(H,27,31). The van der Waals surface area contributed by atoms with Crippen molar-refractivity contribution in [2.24, 2.45) is 5.92 Å². The molecule has 0 saturated carbocycles. The van der Waals surface area contributed by atoms with E-state index in [-0.39, 0.29) is 24.3 Å². The van der Waals surface area contributed by atoms with Gasteiger partial charge in [0.25, 0.3) is 0 Å². The maximum Gasteiger partial charge on any atom is 0.350 e. The summed E-state index contributed by atoms with van der Waals surface area (Å²) < 4.78 is 6.56. The van der Waals surface area contributed by atoms with Gasteiger partial charge in [-0.3, -0.25) is 14.2 Å². The molecular weight excluding hydrogens is 432 g/mol. The van der Waals surface area contributed by atoms with Gasteiger partial charge in [-0.1, -0.05) is 31.2 Å². The van der Waals surface area contributed by atoms with E-state index in [1.54, 1.807) is 6.92 Å². The fourth-order valence-electron chi connectivity index (χ4n) is 4.36. The summed E-state index contributed by atoms with van der Waals surface area (Å²) in [7, 11) is 0. The van der Waals surface area contributed by atoms with E-state index in [1.165, 1.54) is 10.1 Å². The fourth-order valence-corrected chi connectivity index (χ4v) is 4.36. The number of ether oxygens (including phenoxy) is 1. The number of nitrogens with one attached hydrogen (secondary N) is 1. The van der Waals surface area contributed by atoms with Crippen molar-refractivity contribution in [2.75, 3.05) is 29.9 Å². The molecule has 0 unspecified atom stereocenters. The Morgan fingerprint density at radius 3 is 2.44 bits per heavy atom. The number of carbonyl (C=O) groups excluding carboxylic acids is 2. The number of hydrogen-bond donors (Lipinski definition) is 1. The Hall–Kier alpha value is -3.68. The average Bonchev–Trinajstić information content (AvgIpc) is 2.86. The molecule has 8 heteroatoms. The molecule has 3 aromatic rings. The number of nitrogens with zero attached hydrogens (tertiary/aromatic N) is 3. The Morgan fingerprint density at radius 1 is 1.06 bits per heavy atom. The first-order chi connectivity index (χ1) is 16.5. The number of aromatic nitrogens is 2. The predicted octanol–water partition coefficient (Wildman–Crippen LogP) is 3.38. The van der Waals surface area contributed by atoms with E-state index in [2.05, 4.69) is 17.2 Å². The second kappa shape index (κ2) is 10.5. The number of fused-ring (bicyclic) bond motifs is 1. The van der Waals surface area contributed by atoms with Gasteiger partial charge in [-0.15, -0.1) is 0 Å². The highest BCUT2D eigenvalue weighted by Crippen LogP contribution is 2.28.